The first-order valence-electron chi connectivity index (χ1n) is 5.25. The average Bonchev–Trinajstić information content (AvgIpc) is 2.73. The monoisotopic (exact) mass is 347 g/mol. The zero-order valence-electron chi connectivity index (χ0n) is 10.1. The number of carbonyl (C=O) groups is 1. The number of ether oxygens (including phenoxy) is 1. The van der Waals surface area contributed by atoms with Crippen molar-refractivity contribution >= 4 is 37.3 Å². The number of sulfone groups is 1. The van der Waals surface area contributed by atoms with Crippen LogP contribution in [0, 0.1) is 0 Å². The number of halogens is 1. The van der Waals surface area contributed by atoms with Crippen LogP contribution in [0.15, 0.2) is 22.2 Å². The van der Waals surface area contributed by atoms with E-state index in [1.54, 1.807) is 6.92 Å². The van der Waals surface area contributed by atoms with Crippen LogP contribution in [0.5, 0.6) is 0 Å². The highest BCUT2D eigenvalue weighted by atomic mass is 79.9. The van der Waals surface area contributed by atoms with Gasteiger partial charge in [-0.1, -0.05) is 0 Å². The van der Waals surface area contributed by atoms with Crippen molar-refractivity contribution in [3.8, 4) is 0 Å². The van der Waals surface area contributed by atoms with E-state index in [4.69, 9.17) is 4.74 Å². The number of carbonyl (C=O) groups excluding carboxylic acids is 1. The van der Waals surface area contributed by atoms with E-state index in [1.807, 2.05) is 0 Å². The van der Waals surface area contributed by atoms with Crippen LogP contribution >= 0.6 is 15.9 Å². The molecule has 0 atom stereocenters. The number of fused-ring (bicyclic) bond motifs is 1. The summed E-state index contributed by atoms with van der Waals surface area (Å²) in [4.78, 5) is 19.5. The van der Waals surface area contributed by atoms with Crippen LogP contribution in [-0.2, 0) is 14.6 Å². The fraction of sp³-hybridized carbons (Fsp3) is 0.300. The van der Waals surface area contributed by atoms with E-state index in [1.165, 1.54) is 16.9 Å². The Balaban J connectivity index is 2.76. The summed E-state index contributed by atoms with van der Waals surface area (Å²) in [6, 6.07) is 0. The molecule has 0 unspecified atom stereocenters. The average molecular weight is 348 g/mol. The summed E-state index contributed by atoms with van der Waals surface area (Å²) >= 11 is 3.22. The fourth-order valence-electron chi connectivity index (χ4n) is 1.58. The van der Waals surface area contributed by atoms with Crippen molar-refractivity contribution in [1.82, 2.24) is 14.4 Å². The van der Waals surface area contributed by atoms with Crippen molar-refractivity contribution in [3.63, 3.8) is 0 Å². The molecule has 2 rings (SSSR count). The molecular formula is C10H10BrN3O4S. The maximum Gasteiger partial charge on any atom is 0.359 e. The van der Waals surface area contributed by atoms with Crippen LogP contribution in [-0.4, -0.2) is 41.6 Å². The number of hydrogen-bond donors (Lipinski definition) is 0. The van der Waals surface area contributed by atoms with Gasteiger partial charge >= 0.3 is 5.97 Å². The number of esters is 1. The first-order chi connectivity index (χ1) is 8.86. The molecule has 0 aliphatic heterocycles. The second kappa shape index (κ2) is 4.89. The summed E-state index contributed by atoms with van der Waals surface area (Å²) in [7, 11) is -3.53. The van der Waals surface area contributed by atoms with Crippen LogP contribution in [0.25, 0.3) is 5.52 Å². The van der Waals surface area contributed by atoms with Crippen LogP contribution in [0.1, 0.15) is 17.4 Å². The van der Waals surface area contributed by atoms with Gasteiger partial charge in [0, 0.05) is 12.5 Å². The molecule has 0 radical (unpaired) electrons. The molecule has 2 heterocycles. The van der Waals surface area contributed by atoms with Crippen molar-refractivity contribution in [1.29, 1.82) is 0 Å². The fourth-order valence-corrected chi connectivity index (χ4v) is 2.80. The van der Waals surface area contributed by atoms with E-state index in [0.29, 0.717) is 9.99 Å². The summed E-state index contributed by atoms with van der Waals surface area (Å²) in [5.74, 6) is -0.614. The minimum absolute atomic E-state index is 0.0426. The van der Waals surface area contributed by atoms with Gasteiger partial charge in [0.25, 0.3) is 0 Å². The molecule has 0 saturated carbocycles. The highest BCUT2D eigenvalue weighted by Crippen LogP contribution is 2.23. The molecule has 2 aromatic heterocycles. The van der Waals surface area contributed by atoms with Crippen molar-refractivity contribution in [3.05, 3.63) is 22.7 Å². The minimum atomic E-state index is -3.53. The Morgan fingerprint density at radius 3 is 2.74 bits per heavy atom. The molecule has 9 heteroatoms. The van der Waals surface area contributed by atoms with Gasteiger partial charge in [0.15, 0.2) is 5.69 Å². The molecule has 0 N–H and O–H groups in total. The number of aromatic nitrogens is 3. The molecule has 0 spiro atoms. The highest BCUT2D eigenvalue weighted by Gasteiger charge is 2.22. The van der Waals surface area contributed by atoms with Gasteiger partial charge in [0.2, 0.25) is 15.0 Å². The summed E-state index contributed by atoms with van der Waals surface area (Å²) in [5.41, 5.74) is 0.356. The van der Waals surface area contributed by atoms with E-state index in [2.05, 4.69) is 25.9 Å². The number of nitrogens with zero attached hydrogens (tertiary/aromatic N) is 3. The number of hydrogen-bond acceptors (Lipinski definition) is 6. The van der Waals surface area contributed by atoms with Crippen molar-refractivity contribution in [2.24, 2.45) is 0 Å². The quantitative estimate of drug-likeness (QED) is 0.609. The second-order valence-electron chi connectivity index (χ2n) is 3.69. The maximum absolute atomic E-state index is 11.7. The van der Waals surface area contributed by atoms with Crippen molar-refractivity contribution in [2.75, 3.05) is 12.9 Å². The smallest absolute Gasteiger partial charge is 0.359 e. The topological polar surface area (TPSA) is 90.6 Å². The molecular weight excluding hydrogens is 338 g/mol. The third-order valence-corrected chi connectivity index (χ3v) is 3.83. The molecule has 2 aromatic rings. The van der Waals surface area contributed by atoms with Gasteiger partial charge in [0.05, 0.1) is 16.6 Å². The highest BCUT2D eigenvalue weighted by molar-refractivity contribution is 9.10. The van der Waals surface area contributed by atoms with Crippen LogP contribution < -0.4 is 0 Å². The zero-order valence-corrected chi connectivity index (χ0v) is 12.5. The normalized spacial score (nSPS) is 11.7. The van der Waals surface area contributed by atoms with E-state index in [-0.39, 0.29) is 17.5 Å². The number of rotatable bonds is 3. The van der Waals surface area contributed by atoms with E-state index in [9.17, 15) is 13.2 Å². The molecule has 7 nitrogen and oxygen atoms in total. The summed E-state index contributed by atoms with van der Waals surface area (Å²) in [5, 5.41) is -0.186. The second-order valence-corrected chi connectivity index (χ2v) is 6.46. The molecule has 0 fully saturated rings. The first-order valence-corrected chi connectivity index (χ1v) is 7.93. The van der Waals surface area contributed by atoms with Gasteiger partial charge in [0.1, 0.15) is 6.33 Å². The lowest BCUT2D eigenvalue weighted by atomic mass is 10.3. The van der Waals surface area contributed by atoms with E-state index >= 15 is 0 Å². The van der Waals surface area contributed by atoms with Gasteiger partial charge in [-0.05, 0) is 22.9 Å². The van der Waals surface area contributed by atoms with Crippen LogP contribution in [0.3, 0.4) is 0 Å². The lowest BCUT2D eigenvalue weighted by molar-refractivity contribution is 0.0522. The lowest BCUT2D eigenvalue weighted by Gasteiger charge is -2.04. The van der Waals surface area contributed by atoms with Gasteiger partial charge in [-0.3, -0.25) is 4.40 Å². The van der Waals surface area contributed by atoms with Gasteiger partial charge < -0.3 is 4.74 Å². The van der Waals surface area contributed by atoms with Crippen LogP contribution in [0.2, 0.25) is 0 Å². The largest absolute Gasteiger partial charge is 0.461 e. The Bertz CT molecular complexity index is 753. The Kier molecular flexibility index (Phi) is 3.59. The zero-order chi connectivity index (χ0) is 14.2. The third kappa shape index (κ3) is 2.47. The molecule has 0 aliphatic carbocycles. The van der Waals surface area contributed by atoms with Gasteiger partial charge in [-0.15, -0.1) is 0 Å². The Morgan fingerprint density at radius 1 is 1.47 bits per heavy atom. The summed E-state index contributed by atoms with van der Waals surface area (Å²) in [6.07, 6.45) is 3.58. The van der Waals surface area contributed by atoms with Crippen molar-refractivity contribution in [2.45, 2.75) is 12.1 Å². The Labute approximate surface area is 117 Å². The molecule has 0 aliphatic rings. The van der Waals surface area contributed by atoms with E-state index < -0.39 is 15.8 Å². The van der Waals surface area contributed by atoms with E-state index in [0.717, 1.165) is 6.26 Å². The lowest BCUT2D eigenvalue weighted by Crippen LogP contribution is -2.09. The first kappa shape index (κ1) is 13.9. The summed E-state index contributed by atoms with van der Waals surface area (Å²) in [6.45, 7) is 1.88. The predicted molar refractivity (Wildman–Crippen MR) is 69.8 cm³/mol. The summed E-state index contributed by atoms with van der Waals surface area (Å²) < 4.78 is 29.8. The van der Waals surface area contributed by atoms with Gasteiger partial charge in [-0.25, -0.2) is 23.2 Å². The standard InChI is InChI=1S/C10H10BrN3O4S/c1-3-18-9(15)7-8-6(11)4-12-10(19(2,16)17)14(8)5-13-7/h4-5H,3H2,1-2H3. The number of imidazole rings is 1. The van der Waals surface area contributed by atoms with Crippen LogP contribution in [0.4, 0.5) is 0 Å². The maximum atomic E-state index is 11.7. The van der Waals surface area contributed by atoms with Gasteiger partial charge in [-0.2, -0.15) is 0 Å². The Hall–Kier alpha value is -1.48. The molecule has 0 saturated heterocycles. The van der Waals surface area contributed by atoms with Crippen molar-refractivity contribution < 1.29 is 17.9 Å². The SMILES string of the molecule is CCOC(=O)c1ncn2c(S(C)(=O)=O)ncc(Br)c12. The minimum Gasteiger partial charge on any atom is -0.461 e. The molecule has 19 heavy (non-hydrogen) atoms. The Morgan fingerprint density at radius 2 is 2.16 bits per heavy atom. The molecule has 0 aromatic carbocycles. The molecule has 102 valence electrons. The molecule has 0 amide bonds. The predicted octanol–water partition coefficient (Wildman–Crippen LogP) is 1.07. The third-order valence-electron chi connectivity index (χ3n) is 2.29. The molecule has 0 bridgehead atoms.